The fraction of sp³-hybridized carbons (Fsp3) is 0.952. The minimum Gasteiger partial charge on any atom is -0.330 e. The van der Waals surface area contributed by atoms with Gasteiger partial charge in [0, 0.05) is 12.8 Å². The summed E-state index contributed by atoms with van der Waals surface area (Å²) in [6.45, 7) is 5.04. The molecule has 138 valence electrons. The molecule has 0 saturated carbocycles. The van der Waals surface area contributed by atoms with Crippen LogP contribution in [0.4, 0.5) is 0 Å². The molecule has 2 heteroatoms. The second kappa shape index (κ2) is 18.0. The zero-order valence-electron chi connectivity index (χ0n) is 16.1. The van der Waals surface area contributed by atoms with Crippen molar-refractivity contribution in [1.29, 1.82) is 0 Å². The van der Waals surface area contributed by atoms with E-state index in [1.807, 2.05) is 0 Å². The number of Topliss-reactive ketones (excluding diaryl/α,β-unsaturated/α-hetero) is 1. The Balaban J connectivity index is 3.84. The minimum atomic E-state index is 0.383. The summed E-state index contributed by atoms with van der Waals surface area (Å²) in [5.74, 6) is 1.00. The van der Waals surface area contributed by atoms with Gasteiger partial charge in [0.15, 0.2) is 0 Å². The standard InChI is InChI=1S/C21H43NO/c1-3-5-7-9-10-12-14-16-20(19-21(23)17-18-22)15-13-11-8-6-4-2/h20H,3-19,22H2,1-2H3. The first-order valence-electron chi connectivity index (χ1n) is 10.5. The first-order chi connectivity index (χ1) is 11.2. The van der Waals surface area contributed by atoms with Crippen LogP contribution in [0.3, 0.4) is 0 Å². The lowest BCUT2D eigenvalue weighted by Crippen LogP contribution is -2.13. The summed E-state index contributed by atoms with van der Waals surface area (Å²) in [6.07, 6.45) is 20.0. The molecule has 0 aromatic carbocycles. The van der Waals surface area contributed by atoms with Gasteiger partial charge in [-0.25, -0.2) is 0 Å². The number of carbonyl (C=O) groups excluding carboxylic acids is 1. The van der Waals surface area contributed by atoms with Gasteiger partial charge in [0.2, 0.25) is 0 Å². The smallest absolute Gasteiger partial charge is 0.134 e. The Labute approximate surface area is 146 Å². The van der Waals surface area contributed by atoms with Crippen LogP contribution in [0.1, 0.15) is 117 Å². The summed E-state index contributed by atoms with van der Waals surface area (Å²) in [5, 5.41) is 0. The fourth-order valence-corrected chi connectivity index (χ4v) is 3.36. The summed E-state index contributed by atoms with van der Waals surface area (Å²) in [5.41, 5.74) is 5.52. The third-order valence-corrected chi connectivity index (χ3v) is 4.87. The van der Waals surface area contributed by atoms with Gasteiger partial charge in [-0.2, -0.15) is 0 Å². The van der Waals surface area contributed by atoms with Gasteiger partial charge in [-0.15, -0.1) is 0 Å². The van der Waals surface area contributed by atoms with Gasteiger partial charge < -0.3 is 5.73 Å². The molecular formula is C21H43NO. The predicted octanol–water partition coefficient (Wildman–Crippen LogP) is 6.41. The first-order valence-corrected chi connectivity index (χ1v) is 10.5. The molecule has 23 heavy (non-hydrogen) atoms. The quantitative estimate of drug-likeness (QED) is 0.296. The van der Waals surface area contributed by atoms with Crippen molar-refractivity contribution in [2.45, 2.75) is 117 Å². The molecule has 0 aliphatic rings. The molecule has 0 heterocycles. The average Bonchev–Trinajstić information content (AvgIpc) is 2.53. The Morgan fingerprint density at radius 3 is 1.61 bits per heavy atom. The van der Waals surface area contributed by atoms with Crippen LogP contribution < -0.4 is 5.73 Å². The Bertz CT molecular complexity index is 252. The number of hydrogen-bond acceptors (Lipinski definition) is 2. The second-order valence-electron chi connectivity index (χ2n) is 7.26. The number of hydrogen-bond donors (Lipinski definition) is 1. The maximum absolute atomic E-state index is 11.9. The van der Waals surface area contributed by atoms with Crippen molar-refractivity contribution >= 4 is 5.78 Å². The van der Waals surface area contributed by atoms with Crippen LogP contribution in [0, 0.1) is 5.92 Å². The van der Waals surface area contributed by atoms with Crippen LogP contribution in [0.25, 0.3) is 0 Å². The lowest BCUT2D eigenvalue weighted by Gasteiger charge is -2.16. The van der Waals surface area contributed by atoms with E-state index < -0.39 is 0 Å². The van der Waals surface area contributed by atoms with Gasteiger partial charge in [0.1, 0.15) is 5.78 Å². The summed E-state index contributed by atoms with van der Waals surface area (Å²) < 4.78 is 0. The summed E-state index contributed by atoms with van der Waals surface area (Å²) in [6, 6.07) is 0. The highest BCUT2D eigenvalue weighted by Crippen LogP contribution is 2.22. The molecule has 0 spiro atoms. The lowest BCUT2D eigenvalue weighted by molar-refractivity contribution is -0.119. The number of unbranched alkanes of at least 4 members (excludes halogenated alkanes) is 10. The van der Waals surface area contributed by atoms with E-state index in [1.54, 1.807) is 0 Å². The molecule has 2 N–H and O–H groups in total. The summed E-state index contributed by atoms with van der Waals surface area (Å²) in [4.78, 5) is 11.9. The first kappa shape index (κ1) is 22.6. The van der Waals surface area contributed by atoms with Gasteiger partial charge in [0.05, 0.1) is 0 Å². The SMILES string of the molecule is CCCCCCCCCC(CCCCCCC)CC(=O)CCN. The van der Waals surface area contributed by atoms with Crippen LogP contribution in [-0.2, 0) is 4.79 Å². The van der Waals surface area contributed by atoms with Crippen molar-refractivity contribution in [2.24, 2.45) is 11.7 Å². The van der Waals surface area contributed by atoms with Gasteiger partial charge in [-0.1, -0.05) is 104 Å². The van der Waals surface area contributed by atoms with E-state index in [0.717, 1.165) is 6.42 Å². The highest BCUT2D eigenvalue weighted by molar-refractivity contribution is 5.78. The fourth-order valence-electron chi connectivity index (χ4n) is 3.36. The van der Waals surface area contributed by atoms with E-state index >= 15 is 0 Å². The molecule has 1 unspecified atom stereocenters. The third kappa shape index (κ3) is 16.3. The molecule has 1 atom stereocenters. The van der Waals surface area contributed by atoms with Crippen LogP contribution in [0.15, 0.2) is 0 Å². The Hall–Kier alpha value is -0.370. The van der Waals surface area contributed by atoms with E-state index in [-0.39, 0.29) is 0 Å². The van der Waals surface area contributed by atoms with E-state index in [0.29, 0.717) is 24.7 Å². The maximum Gasteiger partial charge on any atom is 0.134 e. The van der Waals surface area contributed by atoms with Crippen molar-refractivity contribution in [1.82, 2.24) is 0 Å². The van der Waals surface area contributed by atoms with E-state index in [9.17, 15) is 4.79 Å². The average molecular weight is 326 g/mol. The molecule has 0 aromatic heterocycles. The van der Waals surface area contributed by atoms with Gasteiger partial charge >= 0.3 is 0 Å². The zero-order valence-corrected chi connectivity index (χ0v) is 16.1. The minimum absolute atomic E-state index is 0.383. The van der Waals surface area contributed by atoms with Gasteiger partial charge in [-0.05, 0) is 12.5 Å². The number of nitrogens with two attached hydrogens (primary N) is 1. The molecule has 0 aliphatic carbocycles. The normalized spacial score (nSPS) is 12.5. The largest absolute Gasteiger partial charge is 0.330 e. The summed E-state index contributed by atoms with van der Waals surface area (Å²) >= 11 is 0. The Kier molecular flexibility index (Phi) is 17.7. The molecule has 0 saturated heterocycles. The second-order valence-corrected chi connectivity index (χ2v) is 7.26. The van der Waals surface area contributed by atoms with E-state index in [1.165, 1.54) is 89.9 Å². The molecule has 2 nitrogen and oxygen atoms in total. The van der Waals surface area contributed by atoms with Crippen molar-refractivity contribution in [2.75, 3.05) is 6.54 Å². The predicted molar refractivity (Wildman–Crippen MR) is 103 cm³/mol. The molecule has 0 bridgehead atoms. The number of carbonyl (C=O) groups is 1. The van der Waals surface area contributed by atoms with Crippen LogP contribution >= 0.6 is 0 Å². The molecule has 0 aromatic rings. The zero-order chi connectivity index (χ0) is 17.2. The Morgan fingerprint density at radius 1 is 0.739 bits per heavy atom. The molecular weight excluding hydrogens is 282 g/mol. The molecule has 0 radical (unpaired) electrons. The Morgan fingerprint density at radius 2 is 1.17 bits per heavy atom. The highest BCUT2D eigenvalue weighted by atomic mass is 16.1. The lowest BCUT2D eigenvalue weighted by atomic mass is 9.89. The van der Waals surface area contributed by atoms with Gasteiger partial charge in [-0.3, -0.25) is 4.79 Å². The van der Waals surface area contributed by atoms with Crippen molar-refractivity contribution < 1.29 is 4.79 Å². The van der Waals surface area contributed by atoms with Crippen LogP contribution in [0.2, 0.25) is 0 Å². The van der Waals surface area contributed by atoms with Crippen molar-refractivity contribution in [3.63, 3.8) is 0 Å². The monoisotopic (exact) mass is 325 g/mol. The molecule has 0 amide bonds. The van der Waals surface area contributed by atoms with E-state index in [2.05, 4.69) is 13.8 Å². The van der Waals surface area contributed by atoms with Crippen molar-refractivity contribution in [3.05, 3.63) is 0 Å². The van der Waals surface area contributed by atoms with E-state index in [4.69, 9.17) is 5.73 Å². The molecule has 0 fully saturated rings. The highest BCUT2D eigenvalue weighted by Gasteiger charge is 2.13. The topological polar surface area (TPSA) is 43.1 Å². The van der Waals surface area contributed by atoms with Gasteiger partial charge in [0.25, 0.3) is 0 Å². The summed E-state index contributed by atoms with van der Waals surface area (Å²) in [7, 11) is 0. The third-order valence-electron chi connectivity index (χ3n) is 4.87. The number of rotatable bonds is 18. The maximum atomic E-state index is 11.9. The van der Waals surface area contributed by atoms with Crippen molar-refractivity contribution in [3.8, 4) is 0 Å². The number of ketones is 1. The van der Waals surface area contributed by atoms with Crippen LogP contribution in [-0.4, -0.2) is 12.3 Å². The molecule has 0 rings (SSSR count). The van der Waals surface area contributed by atoms with Crippen LogP contribution in [0.5, 0.6) is 0 Å². The molecule has 0 aliphatic heterocycles.